The number of unbranched alkanes of at least 4 members (excludes halogenated alkanes) is 1. The molecule has 2 rings (SSSR count). The molecule has 0 N–H and O–H groups in total. The first-order chi connectivity index (χ1) is 14.3. The Bertz CT molecular complexity index is 875. The second-order valence-electron chi connectivity index (χ2n) is 7.87. The fourth-order valence-electron chi connectivity index (χ4n) is 2.95. The first-order valence-electron chi connectivity index (χ1n) is 10.7. The fraction of sp³-hybridized carbons (Fsp3) is 0.423. The highest BCUT2D eigenvalue weighted by atomic mass is 16.5. The predicted molar refractivity (Wildman–Crippen MR) is 127 cm³/mol. The highest BCUT2D eigenvalue weighted by Gasteiger charge is 2.24. The van der Waals surface area contributed by atoms with Crippen molar-refractivity contribution < 1.29 is 9.47 Å². The van der Waals surface area contributed by atoms with E-state index in [1.807, 2.05) is 62.5 Å². The number of nitrogens with zero attached hydrogens (tertiary/aromatic N) is 2. The molecule has 0 amide bonds. The summed E-state index contributed by atoms with van der Waals surface area (Å²) in [6.07, 6.45) is 5.85. The van der Waals surface area contributed by atoms with E-state index in [1.54, 1.807) is 0 Å². The third kappa shape index (κ3) is 6.20. The lowest BCUT2D eigenvalue weighted by Crippen LogP contribution is -2.23. The molecule has 0 aliphatic heterocycles. The highest BCUT2D eigenvalue weighted by molar-refractivity contribution is 5.64. The second kappa shape index (κ2) is 11.0. The molecule has 0 radical (unpaired) electrons. The molecule has 0 saturated heterocycles. The van der Waals surface area contributed by atoms with E-state index in [-0.39, 0.29) is 0 Å². The van der Waals surface area contributed by atoms with Gasteiger partial charge in [0.05, 0.1) is 12.0 Å². The molecule has 30 heavy (non-hydrogen) atoms. The first kappa shape index (κ1) is 23.7. The van der Waals surface area contributed by atoms with Gasteiger partial charge in [-0.15, -0.1) is 0 Å². The van der Waals surface area contributed by atoms with E-state index in [0.717, 1.165) is 53.3 Å². The second-order valence-corrected chi connectivity index (χ2v) is 7.87. The highest BCUT2D eigenvalue weighted by Crippen LogP contribution is 2.34. The Hall–Kier alpha value is -2.59. The van der Waals surface area contributed by atoms with Crippen molar-refractivity contribution in [3.05, 3.63) is 65.7 Å². The van der Waals surface area contributed by atoms with Gasteiger partial charge in [0.15, 0.2) is 0 Å². The van der Waals surface area contributed by atoms with Crippen molar-refractivity contribution in [2.45, 2.75) is 53.1 Å². The van der Waals surface area contributed by atoms with Gasteiger partial charge in [0.2, 0.25) is 0 Å². The zero-order valence-electron chi connectivity index (χ0n) is 19.4. The van der Waals surface area contributed by atoms with Gasteiger partial charge in [0, 0.05) is 20.2 Å². The Morgan fingerprint density at radius 3 is 2.57 bits per heavy atom. The van der Waals surface area contributed by atoms with E-state index in [4.69, 9.17) is 9.47 Å². The van der Waals surface area contributed by atoms with Gasteiger partial charge in [-0.3, -0.25) is 0 Å². The molecule has 0 aliphatic rings. The molecule has 0 bridgehead atoms. The van der Waals surface area contributed by atoms with Gasteiger partial charge in [0.1, 0.15) is 17.1 Å². The minimum absolute atomic E-state index is 0.538. The van der Waals surface area contributed by atoms with E-state index in [9.17, 15) is 0 Å². The average molecular weight is 409 g/mol. The first-order valence-corrected chi connectivity index (χ1v) is 10.7. The van der Waals surface area contributed by atoms with Crippen molar-refractivity contribution in [2.75, 3.05) is 20.2 Å². The summed E-state index contributed by atoms with van der Waals surface area (Å²) in [6, 6.07) is 12.2. The molecule has 162 valence electrons. The quantitative estimate of drug-likeness (QED) is 0.175. The van der Waals surface area contributed by atoms with Crippen molar-refractivity contribution in [1.82, 2.24) is 4.90 Å². The number of aryl methyl sites for hydroxylation is 2. The van der Waals surface area contributed by atoms with E-state index < -0.39 is 5.60 Å². The van der Waals surface area contributed by atoms with Crippen molar-refractivity contribution in [2.24, 2.45) is 4.99 Å². The minimum atomic E-state index is -0.538. The van der Waals surface area contributed by atoms with Gasteiger partial charge in [-0.2, -0.15) is 0 Å². The summed E-state index contributed by atoms with van der Waals surface area (Å²) in [5, 5.41) is 0. The maximum Gasteiger partial charge on any atom is 0.130 e. The molecule has 0 spiro atoms. The van der Waals surface area contributed by atoms with Crippen LogP contribution in [0.2, 0.25) is 0 Å². The van der Waals surface area contributed by atoms with Gasteiger partial charge >= 0.3 is 0 Å². The van der Waals surface area contributed by atoms with Gasteiger partial charge in [-0.25, -0.2) is 4.99 Å². The van der Waals surface area contributed by atoms with Crippen LogP contribution < -0.4 is 4.74 Å². The predicted octanol–water partition coefficient (Wildman–Crippen LogP) is 6.93. The van der Waals surface area contributed by atoms with Crippen molar-refractivity contribution in [1.29, 1.82) is 0 Å². The van der Waals surface area contributed by atoms with Crippen LogP contribution in [0, 0.1) is 13.8 Å². The summed E-state index contributed by atoms with van der Waals surface area (Å²) in [7, 11) is 2.01. The lowest BCUT2D eigenvalue weighted by molar-refractivity contribution is 0.000665. The Labute approximate surface area is 182 Å². The smallest absolute Gasteiger partial charge is 0.130 e. The molecule has 0 saturated carbocycles. The Kier molecular flexibility index (Phi) is 8.67. The normalized spacial score (nSPS) is 13.3. The molecule has 2 aromatic rings. The summed E-state index contributed by atoms with van der Waals surface area (Å²) in [5.41, 5.74) is 3.57. The molecule has 4 heteroatoms. The fourth-order valence-corrected chi connectivity index (χ4v) is 2.95. The lowest BCUT2D eigenvalue weighted by atomic mass is 9.95. The number of rotatable bonds is 11. The van der Waals surface area contributed by atoms with Crippen LogP contribution in [0.3, 0.4) is 0 Å². The van der Waals surface area contributed by atoms with Gasteiger partial charge in [-0.1, -0.05) is 38.1 Å². The van der Waals surface area contributed by atoms with Crippen molar-refractivity contribution in [3.8, 4) is 11.5 Å². The summed E-state index contributed by atoms with van der Waals surface area (Å²) in [6.45, 7) is 16.0. The van der Waals surface area contributed by atoms with E-state index in [1.165, 1.54) is 0 Å². The molecule has 4 nitrogen and oxygen atoms in total. The summed E-state index contributed by atoms with van der Waals surface area (Å²) >= 11 is 0. The number of benzene rings is 2. The Balaban J connectivity index is 2.24. The molecular formula is C26H36N2O2. The topological polar surface area (TPSA) is 34.1 Å². The summed E-state index contributed by atoms with van der Waals surface area (Å²) in [4.78, 5) is 6.64. The summed E-state index contributed by atoms with van der Waals surface area (Å²) < 4.78 is 12.4. The lowest BCUT2D eigenvalue weighted by Gasteiger charge is -2.27. The monoisotopic (exact) mass is 408 g/mol. The average Bonchev–Trinajstić information content (AvgIpc) is 2.75. The molecule has 0 aliphatic carbocycles. The van der Waals surface area contributed by atoms with Crippen molar-refractivity contribution in [3.63, 3.8) is 0 Å². The number of aliphatic imine (C=N–C) groups is 1. The molecule has 1 unspecified atom stereocenters. The van der Waals surface area contributed by atoms with Crippen LogP contribution in [0.15, 0.2) is 54.0 Å². The molecule has 1 atom stereocenters. The SMILES string of the molecule is C=CC(C)(OCCCC)c1cccc(Oc2cc(C)c(/N=C\N(C)CC)cc2C)c1. The van der Waals surface area contributed by atoms with Gasteiger partial charge in [0.25, 0.3) is 0 Å². The summed E-state index contributed by atoms with van der Waals surface area (Å²) in [5.74, 6) is 1.61. The van der Waals surface area contributed by atoms with E-state index >= 15 is 0 Å². The van der Waals surface area contributed by atoms with E-state index in [2.05, 4.69) is 44.5 Å². The van der Waals surface area contributed by atoms with Crippen LogP contribution in [-0.4, -0.2) is 31.4 Å². The van der Waals surface area contributed by atoms with Crippen LogP contribution >= 0.6 is 0 Å². The van der Waals surface area contributed by atoms with Crippen LogP contribution in [-0.2, 0) is 10.3 Å². The van der Waals surface area contributed by atoms with Crippen LogP contribution in [0.4, 0.5) is 5.69 Å². The third-order valence-corrected chi connectivity index (χ3v) is 5.31. The molecule has 0 fully saturated rings. The zero-order valence-corrected chi connectivity index (χ0v) is 19.4. The van der Waals surface area contributed by atoms with E-state index in [0.29, 0.717) is 6.61 Å². The maximum atomic E-state index is 6.25. The Morgan fingerprint density at radius 1 is 1.13 bits per heavy atom. The largest absolute Gasteiger partial charge is 0.457 e. The Morgan fingerprint density at radius 2 is 1.90 bits per heavy atom. The molecular weight excluding hydrogens is 372 g/mol. The maximum absolute atomic E-state index is 6.25. The standard InChI is InChI=1S/C26H36N2O2/c1-8-11-15-29-26(6,9-2)22-13-12-14-23(18-22)30-25-17-20(4)24(16-21(25)5)27-19-28(7)10-3/h9,12-14,16-19H,2,8,10-11,15H2,1,3-7H3/b27-19-. The zero-order chi connectivity index (χ0) is 22.1. The molecule has 0 aromatic heterocycles. The van der Waals surface area contributed by atoms with Crippen LogP contribution in [0.1, 0.15) is 50.3 Å². The van der Waals surface area contributed by atoms with Crippen molar-refractivity contribution >= 4 is 12.0 Å². The van der Waals surface area contributed by atoms with Gasteiger partial charge < -0.3 is 14.4 Å². The molecule has 0 heterocycles. The number of hydrogen-bond acceptors (Lipinski definition) is 3. The van der Waals surface area contributed by atoms with Gasteiger partial charge in [-0.05, 0) is 75.1 Å². The van der Waals surface area contributed by atoms with Crippen LogP contribution in [0.5, 0.6) is 11.5 Å². The van der Waals surface area contributed by atoms with Crippen LogP contribution in [0.25, 0.3) is 0 Å². The number of ether oxygens (including phenoxy) is 2. The molecule has 2 aromatic carbocycles. The minimum Gasteiger partial charge on any atom is -0.457 e. The number of hydrogen-bond donors (Lipinski definition) is 0. The third-order valence-electron chi connectivity index (χ3n) is 5.31.